The standard InChI is InChI=1S/C31H27F3N4O4S/c1-31(2,20-5-9-22(33)10-6-20)30-35-29(36-42-30)24-18-38(17-19-3-7-21(32)8-4-19)26-16-27(25(34)15-23(26)28(24)39)37-11-13-43(40,41)14-12-37/h3-10,15-16,18H,11-14,17H2,1-2H3. The lowest BCUT2D eigenvalue weighted by atomic mass is 9.84. The van der Waals surface area contributed by atoms with Gasteiger partial charge in [-0.3, -0.25) is 4.79 Å². The van der Waals surface area contributed by atoms with Crippen LogP contribution in [0.15, 0.2) is 76.2 Å². The Morgan fingerprint density at radius 3 is 2.21 bits per heavy atom. The van der Waals surface area contributed by atoms with E-state index in [0.29, 0.717) is 5.52 Å². The first-order valence-electron chi connectivity index (χ1n) is 13.6. The quantitative estimate of drug-likeness (QED) is 0.265. The predicted octanol–water partition coefficient (Wildman–Crippen LogP) is 5.08. The Hall–Kier alpha value is -4.45. The highest BCUT2D eigenvalue weighted by Gasteiger charge is 2.31. The maximum absolute atomic E-state index is 15.5. The lowest BCUT2D eigenvalue weighted by Crippen LogP contribution is -2.40. The summed E-state index contributed by atoms with van der Waals surface area (Å²) in [4.78, 5) is 19.9. The van der Waals surface area contributed by atoms with Gasteiger partial charge < -0.3 is 14.0 Å². The van der Waals surface area contributed by atoms with E-state index in [4.69, 9.17) is 4.52 Å². The molecule has 1 fully saturated rings. The van der Waals surface area contributed by atoms with Crippen molar-refractivity contribution in [3.8, 4) is 11.4 Å². The van der Waals surface area contributed by atoms with Crippen LogP contribution in [0.1, 0.15) is 30.9 Å². The number of aromatic nitrogens is 3. The van der Waals surface area contributed by atoms with Crippen LogP contribution in [0.4, 0.5) is 18.9 Å². The molecule has 1 aliphatic heterocycles. The Bertz CT molecular complexity index is 1990. The van der Waals surface area contributed by atoms with Crippen molar-refractivity contribution < 1.29 is 26.1 Å². The van der Waals surface area contributed by atoms with Crippen LogP contribution in [0.2, 0.25) is 0 Å². The highest BCUT2D eigenvalue weighted by atomic mass is 32.2. The van der Waals surface area contributed by atoms with E-state index in [1.807, 2.05) is 13.8 Å². The summed E-state index contributed by atoms with van der Waals surface area (Å²) in [5, 5.41) is 4.13. The molecule has 5 aromatic rings. The molecule has 43 heavy (non-hydrogen) atoms. The fourth-order valence-corrected chi connectivity index (χ4v) is 6.45. The molecule has 0 unspecified atom stereocenters. The fraction of sp³-hybridized carbons (Fsp3) is 0.258. The Morgan fingerprint density at radius 1 is 0.930 bits per heavy atom. The third kappa shape index (κ3) is 5.54. The molecule has 0 atom stereocenters. The zero-order valence-electron chi connectivity index (χ0n) is 23.4. The van der Waals surface area contributed by atoms with Crippen molar-refractivity contribution >= 4 is 26.4 Å². The molecule has 1 aliphatic rings. The Labute approximate surface area is 245 Å². The number of benzene rings is 3. The third-order valence-electron chi connectivity index (χ3n) is 7.87. The third-order valence-corrected chi connectivity index (χ3v) is 9.48. The SMILES string of the molecule is CC(C)(c1ccc(F)cc1)c1nc(-c2cn(Cc3ccc(F)cc3)c3cc(N4CCS(=O)(=O)CC4)c(F)cc3c2=O)no1. The average Bonchev–Trinajstić information content (AvgIpc) is 3.47. The summed E-state index contributed by atoms with van der Waals surface area (Å²) in [6, 6.07) is 14.4. The van der Waals surface area contributed by atoms with Crippen LogP contribution >= 0.6 is 0 Å². The van der Waals surface area contributed by atoms with E-state index in [2.05, 4.69) is 10.1 Å². The number of rotatable bonds is 6. The Morgan fingerprint density at radius 2 is 1.56 bits per heavy atom. The molecule has 2 aromatic heterocycles. The van der Waals surface area contributed by atoms with Crippen LogP contribution in [-0.2, 0) is 21.8 Å². The van der Waals surface area contributed by atoms with E-state index in [1.54, 1.807) is 39.9 Å². The minimum Gasteiger partial charge on any atom is -0.367 e. The second kappa shape index (κ2) is 10.7. The van der Waals surface area contributed by atoms with E-state index in [9.17, 15) is 22.0 Å². The van der Waals surface area contributed by atoms with Crippen LogP contribution < -0.4 is 10.3 Å². The monoisotopic (exact) mass is 608 g/mol. The molecule has 6 rings (SSSR count). The van der Waals surface area contributed by atoms with Crippen molar-refractivity contribution in [1.82, 2.24) is 14.7 Å². The van der Waals surface area contributed by atoms with Gasteiger partial charge in [-0.25, -0.2) is 21.6 Å². The zero-order chi connectivity index (χ0) is 30.5. The van der Waals surface area contributed by atoms with Gasteiger partial charge in [-0.15, -0.1) is 0 Å². The highest BCUT2D eigenvalue weighted by molar-refractivity contribution is 7.91. The van der Waals surface area contributed by atoms with E-state index in [0.717, 1.165) is 17.2 Å². The molecule has 0 N–H and O–H groups in total. The summed E-state index contributed by atoms with van der Waals surface area (Å²) in [7, 11) is -3.19. The number of hydrogen-bond acceptors (Lipinski definition) is 7. The molecular weight excluding hydrogens is 581 g/mol. The average molecular weight is 609 g/mol. The van der Waals surface area contributed by atoms with Gasteiger partial charge in [-0.2, -0.15) is 4.98 Å². The Balaban J connectivity index is 1.47. The van der Waals surface area contributed by atoms with Crippen LogP contribution in [0.25, 0.3) is 22.3 Å². The first-order chi connectivity index (χ1) is 20.4. The molecule has 222 valence electrons. The molecule has 0 saturated carbocycles. The number of nitrogens with zero attached hydrogens (tertiary/aromatic N) is 4. The molecule has 3 heterocycles. The van der Waals surface area contributed by atoms with Gasteiger partial charge in [0.05, 0.1) is 33.7 Å². The van der Waals surface area contributed by atoms with Gasteiger partial charge in [0.15, 0.2) is 9.84 Å². The minimum absolute atomic E-state index is 0.00401. The second-order valence-corrected chi connectivity index (χ2v) is 13.4. The number of pyridine rings is 1. The van der Waals surface area contributed by atoms with Gasteiger partial charge >= 0.3 is 0 Å². The van der Waals surface area contributed by atoms with Crippen molar-refractivity contribution in [2.24, 2.45) is 0 Å². The normalized spacial score (nSPS) is 15.2. The van der Waals surface area contributed by atoms with Gasteiger partial charge in [0.25, 0.3) is 0 Å². The molecular formula is C31H27F3N4O4S. The van der Waals surface area contributed by atoms with E-state index >= 15 is 4.39 Å². The second-order valence-electron chi connectivity index (χ2n) is 11.1. The number of fused-ring (bicyclic) bond motifs is 1. The lowest BCUT2D eigenvalue weighted by molar-refractivity contribution is 0.332. The molecule has 1 saturated heterocycles. The van der Waals surface area contributed by atoms with Gasteiger partial charge in [-0.1, -0.05) is 29.4 Å². The maximum atomic E-state index is 15.5. The van der Waals surface area contributed by atoms with E-state index in [-0.39, 0.29) is 65.3 Å². The summed E-state index contributed by atoms with van der Waals surface area (Å²) in [6.45, 7) is 4.11. The first kappa shape index (κ1) is 28.7. The molecule has 0 radical (unpaired) electrons. The van der Waals surface area contributed by atoms with Gasteiger partial charge in [0.2, 0.25) is 17.1 Å². The predicted molar refractivity (Wildman–Crippen MR) is 156 cm³/mol. The minimum atomic E-state index is -3.19. The molecule has 0 spiro atoms. The summed E-state index contributed by atoms with van der Waals surface area (Å²) < 4.78 is 73.9. The smallest absolute Gasteiger partial charge is 0.237 e. The van der Waals surface area contributed by atoms with Gasteiger partial charge in [-0.05, 0) is 61.4 Å². The number of sulfone groups is 1. The van der Waals surface area contributed by atoms with E-state index in [1.165, 1.54) is 30.3 Å². The zero-order valence-corrected chi connectivity index (χ0v) is 24.2. The highest BCUT2D eigenvalue weighted by Crippen LogP contribution is 2.32. The molecule has 0 bridgehead atoms. The summed E-state index contributed by atoms with van der Waals surface area (Å²) in [5.74, 6) is -1.46. The van der Waals surface area contributed by atoms with Gasteiger partial charge in [0, 0.05) is 31.2 Å². The summed E-state index contributed by atoms with van der Waals surface area (Å²) in [5.41, 5.74) is 0.754. The van der Waals surface area contributed by atoms with Crippen LogP contribution in [0.5, 0.6) is 0 Å². The van der Waals surface area contributed by atoms with Crippen LogP contribution in [-0.4, -0.2) is 47.7 Å². The Kier molecular flexibility index (Phi) is 7.11. The van der Waals surface area contributed by atoms with Crippen LogP contribution in [0.3, 0.4) is 0 Å². The number of hydrogen-bond donors (Lipinski definition) is 0. The lowest BCUT2D eigenvalue weighted by Gasteiger charge is -2.29. The molecule has 12 heteroatoms. The van der Waals surface area contributed by atoms with Crippen molar-refractivity contribution in [3.05, 3.63) is 112 Å². The largest absolute Gasteiger partial charge is 0.367 e. The van der Waals surface area contributed by atoms with Crippen molar-refractivity contribution in [2.75, 3.05) is 29.5 Å². The van der Waals surface area contributed by atoms with Crippen LogP contribution in [0, 0.1) is 17.5 Å². The molecule has 0 aliphatic carbocycles. The maximum Gasteiger partial charge on any atom is 0.237 e. The summed E-state index contributed by atoms with van der Waals surface area (Å²) >= 11 is 0. The molecule has 8 nitrogen and oxygen atoms in total. The van der Waals surface area contributed by atoms with Crippen molar-refractivity contribution in [1.29, 1.82) is 0 Å². The molecule has 0 amide bonds. The van der Waals surface area contributed by atoms with Crippen molar-refractivity contribution in [3.63, 3.8) is 0 Å². The van der Waals surface area contributed by atoms with E-state index < -0.39 is 32.3 Å². The summed E-state index contributed by atoms with van der Waals surface area (Å²) in [6.07, 6.45) is 1.55. The first-order valence-corrected chi connectivity index (χ1v) is 15.4. The number of anilines is 1. The molecule has 3 aromatic carbocycles. The topological polar surface area (TPSA) is 98.3 Å². The van der Waals surface area contributed by atoms with Gasteiger partial charge in [0.1, 0.15) is 17.5 Å². The fourth-order valence-electron chi connectivity index (χ4n) is 5.25. The number of halogens is 3. The van der Waals surface area contributed by atoms with Crippen molar-refractivity contribution in [2.45, 2.75) is 25.8 Å².